The third-order valence-corrected chi connectivity index (χ3v) is 4.98. The molecule has 2 aromatic rings. The van der Waals surface area contributed by atoms with Gasteiger partial charge < -0.3 is 10.6 Å². The van der Waals surface area contributed by atoms with Crippen molar-refractivity contribution in [2.45, 2.75) is 33.2 Å². The highest BCUT2D eigenvalue weighted by molar-refractivity contribution is 7.13. The molecule has 1 amide bonds. The number of benzene rings is 1. The summed E-state index contributed by atoms with van der Waals surface area (Å²) in [5.41, 5.74) is 2.00. The number of anilines is 1. The van der Waals surface area contributed by atoms with E-state index in [1.54, 1.807) is 18.3 Å². The second kappa shape index (κ2) is 7.45. The fourth-order valence-electron chi connectivity index (χ4n) is 2.07. The Morgan fingerprint density at radius 2 is 2.21 bits per heavy atom. The maximum atomic E-state index is 12.1. The van der Waals surface area contributed by atoms with Gasteiger partial charge in [-0.05, 0) is 31.9 Å². The highest BCUT2D eigenvalue weighted by Gasteiger charge is 2.29. The lowest BCUT2D eigenvalue weighted by Crippen LogP contribution is -2.50. The molecule has 0 fully saturated rings. The quantitative estimate of drug-likeness (QED) is 0.841. The molecule has 1 heterocycles. The van der Waals surface area contributed by atoms with Gasteiger partial charge in [0, 0.05) is 22.3 Å². The molecule has 2 rings (SSSR count). The Balaban J connectivity index is 2.00. The van der Waals surface area contributed by atoms with E-state index >= 15 is 0 Å². The zero-order valence-corrected chi connectivity index (χ0v) is 15.2. The van der Waals surface area contributed by atoms with Gasteiger partial charge in [0.15, 0.2) is 0 Å². The van der Waals surface area contributed by atoms with Crippen molar-refractivity contribution < 1.29 is 4.79 Å². The molecular formula is C18H22N4OS. The van der Waals surface area contributed by atoms with E-state index in [9.17, 15) is 10.1 Å². The minimum absolute atomic E-state index is 0.0305. The molecule has 0 aliphatic heterocycles. The van der Waals surface area contributed by atoms with Gasteiger partial charge in [-0.15, -0.1) is 11.3 Å². The number of carbonyl (C=O) groups is 1. The summed E-state index contributed by atoms with van der Waals surface area (Å²) in [7, 11) is 0. The molecule has 2 N–H and O–H groups in total. The number of amides is 1. The Labute approximate surface area is 146 Å². The van der Waals surface area contributed by atoms with Crippen molar-refractivity contribution in [2.75, 3.05) is 11.9 Å². The maximum absolute atomic E-state index is 12.1. The minimum atomic E-state index is -0.862. The van der Waals surface area contributed by atoms with Gasteiger partial charge in [-0.1, -0.05) is 26.0 Å². The first kappa shape index (κ1) is 18.0. The van der Waals surface area contributed by atoms with E-state index in [0.717, 1.165) is 22.0 Å². The Kier molecular flexibility index (Phi) is 5.58. The summed E-state index contributed by atoms with van der Waals surface area (Å²) in [6.07, 6.45) is 0. The van der Waals surface area contributed by atoms with Crippen LogP contribution in [0.5, 0.6) is 0 Å². The first-order valence-electron chi connectivity index (χ1n) is 7.83. The number of aryl methyl sites for hydroxylation is 1. The van der Waals surface area contributed by atoms with Gasteiger partial charge >= 0.3 is 0 Å². The van der Waals surface area contributed by atoms with E-state index in [1.165, 1.54) is 0 Å². The van der Waals surface area contributed by atoms with Crippen LogP contribution < -0.4 is 10.6 Å². The molecule has 1 aromatic carbocycles. The smallest absolute Gasteiger partial charge is 0.240 e. The van der Waals surface area contributed by atoms with Crippen LogP contribution in [0.2, 0.25) is 0 Å². The normalized spacial score (nSPS) is 13.2. The SMILES string of the molecule is Cc1csc(-c2cccc(NCC(=O)N[C@@](C)(C#N)C(C)C)c2)n1. The molecule has 0 saturated carbocycles. The summed E-state index contributed by atoms with van der Waals surface area (Å²) in [5.74, 6) is -0.175. The Morgan fingerprint density at radius 3 is 2.79 bits per heavy atom. The number of thiazole rings is 1. The highest BCUT2D eigenvalue weighted by atomic mass is 32.1. The number of nitrogens with one attached hydrogen (secondary N) is 2. The van der Waals surface area contributed by atoms with E-state index in [-0.39, 0.29) is 18.4 Å². The van der Waals surface area contributed by atoms with E-state index < -0.39 is 5.54 Å². The number of rotatable bonds is 6. The Bertz CT molecular complexity index is 762. The molecule has 6 heteroatoms. The molecule has 0 aliphatic carbocycles. The second-order valence-corrected chi connectivity index (χ2v) is 7.10. The molecule has 126 valence electrons. The fraction of sp³-hybridized carbons (Fsp3) is 0.389. The average molecular weight is 342 g/mol. The predicted octanol–water partition coefficient (Wildman–Crippen LogP) is 3.58. The first-order valence-corrected chi connectivity index (χ1v) is 8.70. The standard InChI is InChI=1S/C18H22N4OS/c1-12(2)18(4,11-19)22-16(23)9-20-15-7-5-6-14(8-15)17-21-13(3)10-24-17/h5-8,10,12,20H,9H2,1-4H3,(H,22,23)/t18-/m0/s1. The number of nitriles is 1. The van der Waals surface area contributed by atoms with Crippen LogP contribution >= 0.6 is 11.3 Å². The van der Waals surface area contributed by atoms with Crippen molar-refractivity contribution >= 4 is 22.9 Å². The molecule has 24 heavy (non-hydrogen) atoms. The summed E-state index contributed by atoms with van der Waals surface area (Å²) in [5, 5.41) is 18.1. The summed E-state index contributed by atoms with van der Waals surface area (Å²) in [6, 6.07) is 9.97. The van der Waals surface area contributed by atoms with Gasteiger partial charge in [-0.2, -0.15) is 5.26 Å². The summed E-state index contributed by atoms with van der Waals surface area (Å²) >= 11 is 1.60. The minimum Gasteiger partial charge on any atom is -0.376 e. The zero-order chi connectivity index (χ0) is 17.7. The fourth-order valence-corrected chi connectivity index (χ4v) is 2.86. The Hall–Kier alpha value is -2.39. The number of carbonyl (C=O) groups excluding carboxylic acids is 1. The van der Waals surface area contributed by atoms with Gasteiger partial charge in [-0.25, -0.2) is 4.98 Å². The van der Waals surface area contributed by atoms with Crippen LogP contribution in [-0.4, -0.2) is 23.0 Å². The van der Waals surface area contributed by atoms with Crippen molar-refractivity contribution in [1.82, 2.24) is 10.3 Å². The molecule has 1 atom stereocenters. The molecule has 0 aliphatic rings. The van der Waals surface area contributed by atoms with Gasteiger partial charge in [0.1, 0.15) is 10.5 Å². The first-order chi connectivity index (χ1) is 11.3. The lowest BCUT2D eigenvalue weighted by Gasteiger charge is -2.27. The van der Waals surface area contributed by atoms with Crippen LogP contribution in [0, 0.1) is 24.2 Å². The molecular weight excluding hydrogens is 320 g/mol. The number of aromatic nitrogens is 1. The van der Waals surface area contributed by atoms with Crippen molar-refractivity contribution in [3.63, 3.8) is 0 Å². The van der Waals surface area contributed by atoms with Crippen molar-refractivity contribution in [3.8, 4) is 16.6 Å². The number of nitrogens with zero attached hydrogens (tertiary/aromatic N) is 2. The molecule has 0 saturated heterocycles. The van der Waals surface area contributed by atoms with E-state index in [2.05, 4.69) is 21.7 Å². The van der Waals surface area contributed by atoms with Crippen LogP contribution in [0.1, 0.15) is 26.5 Å². The molecule has 0 spiro atoms. The van der Waals surface area contributed by atoms with Gasteiger partial charge in [-0.3, -0.25) is 4.79 Å². The zero-order valence-electron chi connectivity index (χ0n) is 14.4. The van der Waals surface area contributed by atoms with Gasteiger partial charge in [0.2, 0.25) is 5.91 Å². The van der Waals surface area contributed by atoms with E-state index in [0.29, 0.717) is 0 Å². The number of hydrogen-bond donors (Lipinski definition) is 2. The summed E-state index contributed by atoms with van der Waals surface area (Å²) in [6.45, 7) is 7.64. The Morgan fingerprint density at radius 1 is 1.46 bits per heavy atom. The number of hydrogen-bond acceptors (Lipinski definition) is 5. The maximum Gasteiger partial charge on any atom is 0.240 e. The van der Waals surface area contributed by atoms with Gasteiger partial charge in [0.05, 0.1) is 12.6 Å². The molecule has 1 aromatic heterocycles. The molecule has 0 bridgehead atoms. The van der Waals surface area contributed by atoms with Crippen LogP contribution in [0.4, 0.5) is 5.69 Å². The largest absolute Gasteiger partial charge is 0.376 e. The van der Waals surface area contributed by atoms with Crippen molar-refractivity contribution in [2.24, 2.45) is 5.92 Å². The van der Waals surface area contributed by atoms with Crippen LogP contribution in [0.15, 0.2) is 29.6 Å². The molecule has 5 nitrogen and oxygen atoms in total. The van der Waals surface area contributed by atoms with E-state index in [1.807, 2.05) is 50.4 Å². The van der Waals surface area contributed by atoms with Crippen LogP contribution in [0.25, 0.3) is 10.6 Å². The third-order valence-electron chi connectivity index (χ3n) is 3.97. The van der Waals surface area contributed by atoms with E-state index in [4.69, 9.17) is 0 Å². The highest BCUT2D eigenvalue weighted by Crippen LogP contribution is 2.25. The third kappa shape index (κ3) is 4.33. The lowest BCUT2D eigenvalue weighted by molar-refractivity contribution is -0.121. The summed E-state index contributed by atoms with van der Waals surface area (Å²) < 4.78 is 0. The summed E-state index contributed by atoms with van der Waals surface area (Å²) in [4.78, 5) is 16.6. The predicted molar refractivity (Wildman–Crippen MR) is 97.8 cm³/mol. The van der Waals surface area contributed by atoms with Crippen LogP contribution in [-0.2, 0) is 4.79 Å². The van der Waals surface area contributed by atoms with Crippen LogP contribution in [0.3, 0.4) is 0 Å². The van der Waals surface area contributed by atoms with Gasteiger partial charge in [0.25, 0.3) is 0 Å². The topological polar surface area (TPSA) is 77.8 Å². The molecule has 0 radical (unpaired) electrons. The van der Waals surface area contributed by atoms with Crippen molar-refractivity contribution in [3.05, 3.63) is 35.3 Å². The second-order valence-electron chi connectivity index (χ2n) is 6.25. The lowest BCUT2D eigenvalue weighted by atomic mass is 9.90. The molecule has 0 unspecified atom stereocenters. The monoisotopic (exact) mass is 342 g/mol. The van der Waals surface area contributed by atoms with Crippen molar-refractivity contribution in [1.29, 1.82) is 5.26 Å². The average Bonchev–Trinajstić information content (AvgIpc) is 2.99.